The van der Waals surface area contributed by atoms with Gasteiger partial charge in [-0.05, 0) is 84.9 Å². The molecule has 0 aliphatic carbocycles. The maximum atomic E-state index is 12.6. The molecule has 0 spiro atoms. The Hall–Kier alpha value is -4.14. The highest BCUT2D eigenvalue weighted by atomic mass is 35.5. The van der Waals surface area contributed by atoms with E-state index in [1.165, 1.54) is 6.07 Å². The van der Waals surface area contributed by atoms with Crippen LogP contribution in [0, 0.1) is 0 Å². The number of nitrogens with zero attached hydrogens (tertiary/aromatic N) is 1. The average molecular weight is 518 g/mol. The summed E-state index contributed by atoms with van der Waals surface area (Å²) in [6.45, 7) is 2.07. The van der Waals surface area contributed by atoms with E-state index < -0.39 is 5.91 Å². The molecule has 0 saturated carbocycles. The number of aromatic nitrogens is 1. The minimum atomic E-state index is -0.508. The number of fused-ring (bicyclic) bond motifs is 1. The number of oxazole rings is 1. The minimum Gasteiger partial charge on any atom is -0.507 e. The monoisotopic (exact) mass is 517 g/mol. The van der Waals surface area contributed by atoms with Crippen LogP contribution in [0.2, 0.25) is 5.02 Å². The first-order chi connectivity index (χ1) is 17.4. The molecule has 0 aliphatic rings. The van der Waals surface area contributed by atoms with Gasteiger partial charge in [0.25, 0.3) is 5.91 Å². The molecular formula is C27H20ClN3O4S. The summed E-state index contributed by atoms with van der Waals surface area (Å²) < 4.78 is 11.5. The molecule has 7 nitrogen and oxygen atoms in total. The number of aromatic hydroxyl groups is 1. The topological polar surface area (TPSA) is 101 Å². The third-order valence-corrected chi connectivity index (χ3v) is 5.99. The lowest BCUT2D eigenvalue weighted by molar-refractivity contribution is 0.0951. The van der Waals surface area contributed by atoms with Gasteiger partial charge < -0.3 is 19.3 Å². The van der Waals surface area contributed by atoms with Gasteiger partial charge >= 0.3 is 0 Å². The molecule has 3 aromatic carbocycles. The zero-order valence-corrected chi connectivity index (χ0v) is 20.6. The van der Waals surface area contributed by atoms with Crippen LogP contribution in [0.1, 0.15) is 23.0 Å². The number of rotatable bonds is 5. The number of hydrogen-bond acceptors (Lipinski definition) is 6. The molecule has 1 amide bonds. The van der Waals surface area contributed by atoms with E-state index in [9.17, 15) is 9.90 Å². The SMILES string of the molecule is CCc1ccc2oc(-c3ccc(NC(=S)NC(=O)c4ccc(-c5ccc(Cl)cc5)o4)cc3O)nc2c1. The van der Waals surface area contributed by atoms with Crippen LogP contribution in [-0.2, 0) is 6.42 Å². The van der Waals surface area contributed by atoms with Crippen LogP contribution in [0.3, 0.4) is 0 Å². The van der Waals surface area contributed by atoms with Crippen molar-refractivity contribution >= 4 is 51.6 Å². The van der Waals surface area contributed by atoms with Crippen molar-refractivity contribution < 1.29 is 18.7 Å². The maximum Gasteiger partial charge on any atom is 0.293 e. The number of aryl methyl sites for hydroxylation is 1. The second kappa shape index (κ2) is 9.85. The zero-order valence-electron chi connectivity index (χ0n) is 19.0. The van der Waals surface area contributed by atoms with Gasteiger partial charge in [0.05, 0.1) is 5.56 Å². The van der Waals surface area contributed by atoms with E-state index in [-0.39, 0.29) is 16.6 Å². The molecule has 9 heteroatoms. The molecule has 180 valence electrons. The Morgan fingerprint density at radius 3 is 2.58 bits per heavy atom. The molecule has 2 heterocycles. The Labute approximate surface area is 216 Å². The molecule has 5 rings (SSSR count). The van der Waals surface area contributed by atoms with Crippen LogP contribution < -0.4 is 10.6 Å². The number of hydrogen-bond donors (Lipinski definition) is 3. The molecule has 0 unspecified atom stereocenters. The van der Waals surface area contributed by atoms with Gasteiger partial charge in [-0.3, -0.25) is 10.1 Å². The van der Waals surface area contributed by atoms with Crippen LogP contribution in [0.4, 0.5) is 5.69 Å². The van der Waals surface area contributed by atoms with Crippen molar-refractivity contribution in [2.75, 3.05) is 5.32 Å². The van der Waals surface area contributed by atoms with Gasteiger partial charge in [-0.15, -0.1) is 0 Å². The lowest BCUT2D eigenvalue weighted by atomic mass is 10.1. The maximum absolute atomic E-state index is 12.6. The molecule has 0 radical (unpaired) electrons. The largest absolute Gasteiger partial charge is 0.507 e. The number of halogens is 1. The normalized spacial score (nSPS) is 10.9. The van der Waals surface area contributed by atoms with E-state index in [4.69, 9.17) is 32.7 Å². The Morgan fingerprint density at radius 1 is 1.03 bits per heavy atom. The summed E-state index contributed by atoms with van der Waals surface area (Å²) >= 11 is 11.2. The van der Waals surface area contributed by atoms with Crippen LogP contribution in [0.5, 0.6) is 5.75 Å². The quantitative estimate of drug-likeness (QED) is 0.220. The molecule has 2 aromatic heterocycles. The standard InChI is InChI=1S/C27H20ClN3O4S/c1-2-15-3-10-23-20(13-15)30-26(35-23)19-9-8-18(14-21(19)32)29-27(36)31-25(33)24-12-11-22(34-24)16-4-6-17(28)7-5-16/h3-14,32H,2H2,1H3,(H2,29,31,33,36). The van der Waals surface area contributed by atoms with Crippen molar-refractivity contribution in [2.45, 2.75) is 13.3 Å². The number of phenolic OH excluding ortho intramolecular Hbond substituents is 1. The van der Waals surface area contributed by atoms with Gasteiger partial charge in [-0.25, -0.2) is 4.98 Å². The number of anilines is 1. The summed E-state index contributed by atoms with van der Waals surface area (Å²) in [5.74, 6) is 0.389. The van der Waals surface area contributed by atoms with Crippen LogP contribution in [0.15, 0.2) is 81.6 Å². The fraction of sp³-hybridized carbons (Fsp3) is 0.0741. The van der Waals surface area contributed by atoms with Crippen molar-refractivity contribution in [3.8, 4) is 28.5 Å². The first-order valence-corrected chi connectivity index (χ1v) is 11.9. The fourth-order valence-electron chi connectivity index (χ4n) is 3.65. The van der Waals surface area contributed by atoms with Gasteiger partial charge in [-0.1, -0.05) is 24.6 Å². The Morgan fingerprint density at radius 2 is 1.83 bits per heavy atom. The summed E-state index contributed by atoms with van der Waals surface area (Å²) in [5, 5.41) is 16.7. The molecule has 0 fully saturated rings. The Balaban J connectivity index is 1.25. The third-order valence-electron chi connectivity index (χ3n) is 5.53. The van der Waals surface area contributed by atoms with E-state index in [2.05, 4.69) is 22.5 Å². The van der Waals surface area contributed by atoms with Crippen molar-refractivity contribution in [3.63, 3.8) is 0 Å². The van der Waals surface area contributed by atoms with Crippen molar-refractivity contribution in [2.24, 2.45) is 0 Å². The molecule has 0 bridgehead atoms. The van der Waals surface area contributed by atoms with Crippen LogP contribution in [0.25, 0.3) is 33.9 Å². The molecule has 5 aromatic rings. The predicted molar refractivity (Wildman–Crippen MR) is 143 cm³/mol. The summed E-state index contributed by atoms with van der Waals surface area (Å²) in [7, 11) is 0. The van der Waals surface area contributed by atoms with Gasteiger partial charge in [0.15, 0.2) is 16.5 Å². The van der Waals surface area contributed by atoms with Gasteiger partial charge in [0.1, 0.15) is 17.0 Å². The number of furan rings is 1. The lowest BCUT2D eigenvalue weighted by Crippen LogP contribution is -2.33. The summed E-state index contributed by atoms with van der Waals surface area (Å²) in [4.78, 5) is 17.1. The molecule has 0 aliphatic heterocycles. The molecule has 0 atom stereocenters. The van der Waals surface area contributed by atoms with E-state index in [1.807, 2.05) is 18.2 Å². The first kappa shape index (κ1) is 23.6. The second-order valence-corrected chi connectivity index (χ2v) is 8.83. The fourth-order valence-corrected chi connectivity index (χ4v) is 3.99. The highest BCUT2D eigenvalue weighted by Crippen LogP contribution is 2.33. The lowest BCUT2D eigenvalue weighted by Gasteiger charge is -2.10. The Bertz CT molecular complexity index is 1590. The smallest absolute Gasteiger partial charge is 0.293 e. The first-order valence-electron chi connectivity index (χ1n) is 11.1. The van der Waals surface area contributed by atoms with Gasteiger partial charge in [-0.2, -0.15) is 0 Å². The minimum absolute atomic E-state index is 0.0463. The predicted octanol–water partition coefficient (Wildman–Crippen LogP) is 6.80. The van der Waals surface area contributed by atoms with E-state index in [0.717, 1.165) is 23.1 Å². The average Bonchev–Trinajstić information content (AvgIpc) is 3.51. The summed E-state index contributed by atoms with van der Waals surface area (Å²) in [5.41, 5.74) is 4.23. The summed E-state index contributed by atoms with van der Waals surface area (Å²) in [6, 6.07) is 21.0. The number of phenols is 1. The van der Waals surface area contributed by atoms with Crippen LogP contribution in [-0.4, -0.2) is 21.1 Å². The molecule has 36 heavy (non-hydrogen) atoms. The van der Waals surface area contributed by atoms with Gasteiger partial charge in [0, 0.05) is 22.3 Å². The van der Waals surface area contributed by atoms with Crippen LogP contribution >= 0.6 is 23.8 Å². The third kappa shape index (κ3) is 4.95. The number of nitrogens with one attached hydrogen (secondary N) is 2. The second-order valence-electron chi connectivity index (χ2n) is 7.99. The number of benzene rings is 3. The van der Waals surface area contributed by atoms with Crippen molar-refractivity contribution in [1.29, 1.82) is 0 Å². The number of amides is 1. The van der Waals surface area contributed by atoms with Crippen molar-refractivity contribution in [3.05, 3.63) is 89.1 Å². The van der Waals surface area contributed by atoms with Gasteiger partial charge in [0.2, 0.25) is 5.89 Å². The number of carbonyl (C=O) groups is 1. The molecular weight excluding hydrogens is 498 g/mol. The molecule has 3 N–H and O–H groups in total. The Kier molecular flexibility index (Phi) is 6.45. The van der Waals surface area contributed by atoms with E-state index >= 15 is 0 Å². The number of thiocarbonyl (C=S) groups is 1. The van der Waals surface area contributed by atoms with Crippen molar-refractivity contribution in [1.82, 2.24) is 10.3 Å². The molecule has 0 saturated heterocycles. The van der Waals surface area contributed by atoms with E-state index in [1.54, 1.807) is 48.5 Å². The zero-order chi connectivity index (χ0) is 25.2. The summed E-state index contributed by atoms with van der Waals surface area (Å²) in [6.07, 6.45) is 0.892. The highest BCUT2D eigenvalue weighted by Gasteiger charge is 2.16. The van der Waals surface area contributed by atoms with E-state index in [0.29, 0.717) is 33.5 Å². The highest BCUT2D eigenvalue weighted by molar-refractivity contribution is 7.80. The number of carbonyl (C=O) groups excluding carboxylic acids is 1.